The minimum atomic E-state index is -0.0485. The SMILES string of the molecule is C=C(C)CN(CC)c1ccc(C(C)=O)o1. The zero-order valence-electron chi connectivity index (χ0n) is 9.54. The lowest BCUT2D eigenvalue weighted by Crippen LogP contribution is -2.23. The smallest absolute Gasteiger partial charge is 0.196 e. The van der Waals surface area contributed by atoms with Crippen LogP contribution in [0, 0.1) is 0 Å². The summed E-state index contributed by atoms with van der Waals surface area (Å²) < 4.78 is 5.43. The van der Waals surface area contributed by atoms with E-state index in [9.17, 15) is 4.79 Å². The number of carbonyl (C=O) groups is 1. The van der Waals surface area contributed by atoms with E-state index in [1.165, 1.54) is 6.92 Å². The van der Waals surface area contributed by atoms with Crippen molar-refractivity contribution >= 4 is 11.7 Å². The summed E-state index contributed by atoms with van der Waals surface area (Å²) in [5.41, 5.74) is 1.07. The molecule has 15 heavy (non-hydrogen) atoms. The van der Waals surface area contributed by atoms with E-state index < -0.39 is 0 Å². The average molecular weight is 207 g/mol. The van der Waals surface area contributed by atoms with Crippen LogP contribution >= 0.6 is 0 Å². The average Bonchev–Trinajstić information content (AvgIpc) is 2.62. The first-order valence-electron chi connectivity index (χ1n) is 5.04. The highest BCUT2D eigenvalue weighted by Crippen LogP contribution is 2.19. The van der Waals surface area contributed by atoms with Gasteiger partial charge in [-0.1, -0.05) is 12.2 Å². The lowest BCUT2D eigenvalue weighted by Gasteiger charge is -2.19. The van der Waals surface area contributed by atoms with Gasteiger partial charge in [-0.25, -0.2) is 0 Å². The van der Waals surface area contributed by atoms with E-state index in [1.807, 2.05) is 24.8 Å². The number of nitrogens with zero attached hydrogens (tertiary/aromatic N) is 1. The molecule has 0 aliphatic carbocycles. The van der Waals surface area contributed by atoms with Gasteiger partial charge in [0.1, 0.15) is 0 Å². The second-order valence-electron chi connectivity index (χ2n) is 3.67. The van der Waals surface area contributed by atoms with Gasteiger partial charge in [-0.05, 0) is 19.9 Å². The lowest BCUT2D eigenvalue weighted by atomic mass is 10.3. The largest absolute Gasteiger partial charge is 0.437 e. The number of Topliss-reactive ketones (excluding diaryl/α,β-unsaturated/α-hetero) is 1. The van der Waals surface area contributed by atoms with Crippen molar-refractivity contribution in [1.29, 1.82) is 0 Å². The molecular weight excluding hydrogens is 190 g/mol. The van der Waals surface area contributed by atoms with Crippen LogP contribution in [0.5, 0.6) is 0 Å². The Hall–Kier alpha value is -1.51. The summed E-state index contributed by atoms with van der Waals surface area (Å²) in [4.78, 5) is 13.1. The van der Waals surface area contributed by atoms with Gasteiger partial charge < -0.3 is 9.32 Å². The van der Waals surface area contributed by atoms with Crippen molar-refractivity contribution in [3.63, 3.8) is 0 Å². The number of rotatable bonds is 5. The van der Waals surface area contributed by atoms with Gasteiger partial charge in [0, 0.05) is 26.1 Å². The van der Waals surface area contributed by atoms with Crippen molar-refractivity contribution in [2.75, 3.05) is 18.0 Å². The van der Waals surface area contributed by atoms with Crippen LogP contribution in [0.2, 0.25) is 0 Å². The summed E-state index contributed by atoms with van der Waals surface area (Å²) >= 11 is 0. The van der Waals surface area contributed by atoms with E-state index in [0.29, 0.717) is 5.76 Å². The molecule has 0 atom stereocenters. The normalized spacial score (nSPS) is 10.1. The highest BCUT2D eigenvalue weighted by Gasteiger charge is 2.11. The summed E-state index contributed by atoms with van der Waals surface area (Å²) in [7, 11) is 0. The molecule has 0 amide bonds. The molecule has 3 nitrogen and oxygen atoms in total. The molecule has 0 bridgehead atoms. The molecule has 1 rings (SSSR count). The second kappa shape index (κ2) is 4.82. The molecule has 0 radical (unpaired) electrons. The summed E-state index contributed by atoms with van der Waals surface area (Å²) in [6, 6.07) is 3.53. The zero-order chi connectivity index (χ0) is 11.4. The number of furan rings is 1. The fourth-order valence-corrected chi connectivity index (χ4v) is 1.36. The van der Waals surface area contributed by atoms with E-state index in [0.717, 1.165) is 24.5 Å². The molecule has 82 valence electrons. The van der Waals surface area contributed by atoms with E-state index in [1.54, 1.807) is 6.07 Å². The summed E-state index contributed by atoms with van der Waals surface area (Å²) in [5.74, 6) is 1.09. The van der Waals surface area contributed by atoms with Gasteiger partial charge in [-0.15, -0.1) is 0 Å². The van der Waals surface area contributed by atoms with E-state index in [4.69, 9.17) is 4.42 Å². The molecule has 1 aromatic heterocycles. The third-order valence-electron chi connectivity index (χ3n) is 2.09. The number of hydrogen-bond donors (Lipinski definition) is 0. The lowest BCUT2D eigenvalue weighted by molar-refractivity contribution is 0.0988. The van der Waals surface area contributed by atoms with Gasteiger partial charge in [0.05, 0.1) is 0 Å². The topological polar surface area (TPSA) is 33.5 Å². The Morgan fingerprint density at radius 2 is 2.13 bits per heavy atom. The Morgan fingerprint density at radius 3 is 2.53 bits per heavy atom. The molecule has 0 spiro atoms. The van der Waals surface area contributed by atoms with Gasteiger partial charge in [0.15, 0.2) is 17.4 Å². The van der Waals surface area contributed by atoms with Crippen molar-refractivity contribution in [2.45, 2.75) is 20.8 Å². The van der Waals surface area contributed by atoms with Crippen molar-refractivity contribution in [3.8, 4) is 0 Å². The molecule has 0 unspecified atom stereocenters. The second-order valence-corrected chi connectivity index (χ2v) is 3.67. The molecule has 0 N–H and O–H groups in total. The highest BCUT2D eigenvalue weighted by atomic mass is 16.4. The first kappa shape index (κ1) is 11.6. The number of ketones is 1. The Labute approximate surface area is 90.4 Å². The minimum absolute atomic E-state index is 0.0485. The van der Waals surface area contributed by atoms with Crippen LogP contribution in [-0.4, -0.2) is 18.9 Å². The standard InChI is InChI=1S/C12H17NO2/c1-5-13(8-9(2)3)12-7-6-11(15-12)10(4)14/h6-7H,2,5,8H2,1,3-4H3. The fraction of sp³-hybridized carbons (Fsp3) is 0.417. The van der Waals surface area contributed by atoms with Crippen molar-refractivity contribution in [1.82, 2.24) is 0 Å². The monoisotopic (exact) mass is 207 g/mol. The predicted molar refractivity (Wildman–Crippen MR) is 61.4 cm³/mol. The molecule has 0 fully saturated rings. The molecule has 1 aromatic rings. The van der Waals surface area contributed by atoms with Crippen LogP contribution in [-0.2, 0) is 0 Å². The molecule has 3 heteroatoms. The van der Waals surface area contributed by atoms with Crippen LogP contribution in [0.25, 0.3) is 0 Å². The first-order valence-corrected chi connectivity index (χ1v) is 5.04. The van der Waals surface area contributed by atoms with Crippen molar-refractivity contribution in [2.24, 2.45) is 0 Å². The number of hydrogen-bond acceptors (Lipinski definition) is 3. The van der Waals surface area contributed by atoms with Crippen LogP contribution in [0.4, 0.5) is 5.88 Å². The molecule has 0 saturated heterocycles. The van der Waals surface area contributed by atoms with E-state index in [2.05, 4.69) is 6.58 Å². The van der Waals surface area contributed by atoms with E-state index >= 15 is 0 Å². The molecular formula is C12H17NO2. The van der Waals surface area contributed by atoms with Crippen LogP contribution in [0.15, 0.2) is 28.7 Å². The Balaban J connectivity index is 2.83. The maximum Gasteiger partial charge on any atom is 0.196 e. The number of likely N-dealkylation sites (N-methyl/N-ethyl adjacent to an activating group) is 1. The van der Waals surface area contributed by atoms with Gasteiger partial charge in [0.25, 0.3) is 0 Å². The van der Waals surface area contributed by atoms with Gasteiger partial charge in [0.2, 0.25) is 0 Å². The van der Waals surface area contributed by atoms with Crippen LogP contribution < -0.4 is 4.90 Å². The zero-order valence-corrected chi connectivity index (χ0v) is 9.54. The maximum absolute atomic E-state index is 11.1. The molecule has 0 aliphatic heterocycles. The van der Waals surface area contributed by atoms with Crippen LogP contribution in [0.1, 0.15) is 31.3 Å². The highest BCUT2D eigenvalue weighted by molar-refractivity contribution is 5.91. The van der Waals surface area contributed by atoms with E-state index in [-0.39, 0.29) is 5.78 Å². The molecule has 0 saturated carbocycles. The molecule has 1 heterocycles. The maximum atomic E-state index is 11.1. The fourth-order valence-electron chi connectivity index (χ4n) is 1.36. The number of anilines is 1. The van der Waals surface area contributed by atoms with Gasteiger partial charge in [-0.3, -0.25) is 4.79 Å². The minimum Gasteiger partial charge on any atom is -0.437 e. The van der Waals surface area contributed by atoms with Crippen molar-refractivity contribution in [3.05, 3.63) is 30.0 Å². The molecule has 0 aliphatic rings. The Morgan fingerprint density at radius 1 is 1.47 bits per heavy atom. The van der Waals surface area contributed by atoms with Crippen LogP contribution in [0.3, 0.4) is 0 Å². The first-order chi connectivity index (χ1) is 7.04. The quantitative estimate of drug-likeness (QED) is 0.550. The third-order valence-corrected chi connectivity index (χ3v) is 2.09. The Kier molecular flexibility index (Phi) is 3.72. The summed E-state index contributed by atoms with van der Waals surface area (Å²) in [5, 5.41) is 0. The third kappa shape index (κ3) is 2.98. The molecule has 0 aromatic carbocycles. The predicted octanol–water partition coefficient (Wildman–Crippen LogP) is 2.88. The number of carbonyl (C=O) groups excluding carboxylic acids is 1. The summed E-state index contributed by atoms with van der Waals surface area (Å²) in [6.07, 6.45) is 0. The van der Waals surface area contributed by atoms with Gasteiger partial charge >= 0.3 is 0 Å². The van der Waals surface area contributed by atoms with Crippen molar-refractivity contribution < 1.29 is 9.21 Å². The summed E-state index contributed by atoms with van der Waals surface area (Å²) in [6.45, 7) is 11.0. The van der Waals surface area contributed by atoms with Gasteiger partial charge in [-0.2, -0.15) is 0 Å². The Bertz CT molecular complexity index is 365.